The Bertz CT molecular complexity index is 1120. The summed E-state index contributed by atoms with van der Waals surface area (Å²) in [4.78, 5) is 4.14. The van der Waals surface area contributed by atoms with Crippen molar-refractivity contribution in [3.05, 3.63) is 83.0 Å². The Labute approximate surface area is 164 Å². The largest absolute Gasteiger partial charge is 0.453 e. The van der Waals surface area contributed by atoms with Crippen LogP contribution in [0.15, 0.2) is 67.1 Å². The van der Waals surface area contributed by atoms with E-state index in [-0.39, 0.29) is 5.02 Å². The molecule has 2 aromatic heterocycles. The Hall–Kier alpha value is -2.96. The first kappa shape index (κ1) is 17.5. The average Bonchev–Trinajstić information content (AvgIpc) is 3.14. The summed E-state index contributed by atoms with van der Waals surface area (Å²) in [5.74, 6) is 0.293. The van der Waals surface area contributed by atoms with Gasteiger partial charge in [0.25, 0.3) is 0 Å². The molecule has 4 aromatic rings. The van der Waals surface area contributed by atoms with Crippen LogP contribution in [0.1, 0.15) is 0 Å². The Morgan fingerprint density at radius 1 is 0.926 bits per heavy atom. The van der Waals surface area contributed by atoms with E-state index in [9.17, 15) is 4.39 Å². The van der Waals surface area contributed by atoms with Crippen molar-refractivity contribution < 1.29 is 9.13 Å². The molecule has 0 saturated carbocycles. The molecule has 0 unspecified atom stereocenters. The summed E-state index contributed by atoms with van der Waals surface area (Å²) < 4.78 is 20.7. The van der Waals surface area contributed by atoms with E-state index in [4.69, 9.17) is 27.9 Å². The zero-order valence-corrected chi connectivity index (χ0v) is 15.2. The van der Waals surface area contributed by atoms with Crippen LogP contribution in [0.3, 0.4) is 0 Å². The predicted octanol–water partition coefficient (Wildman–Crippen LogP) is 5.57. The molecule has 27 heavy (non-hydrogen) atoms. The van der Waals surface area contributed by atoms with Crippen molar-refractivity contribution in [1.29, 1.82) is 0 Å². The van der Waals surface area contributed by atoms with E-state index < -0.39 is 5.82 Å². The third-order valence-electron chi connectivity index (χ3n) is 3.80. The minimum atomic E-state index is -0.445. The van der Waals surface area contributed by atoms with Crippen LogP contribution in [-0.2, 0) is 0 Å². The summed E-state index contributed by atoms with van der Waals surface area (Å²) in [6.07, 6.45) is 4.76. The van der Waals surface area contributed by atoms with Crippen molar-refractivity contribution in [2.75, 3.05) is 0 Å². The molecule has 0 aliphatic carbocycles. The highest BCUT2D eigenvalue weighted by Crippen LogP contribution is 2.35. The molecule has 0 atom stereocenters. The predicted molar refractivity (Wildman–Crippen MR) is 101 cm³/mol. The molecule has 0 amide bonds. The molecule has 0 N–H and O–H groups in total. The second-order valence-corrected chi connectivity index (χ2v) is 6.35. The van der Waals surface area contributed by atoms with Crippen LogP contribution >= 0.6 is 23.2 Å². The highest BCUT2D eigenvalue weighted by Gasteiger charge is 2.16. The maximum absolute atomic E-state index is 13.3. The van der Waals surface area contributed by atoms with E-state index in [1.54, 1.807) is 35.4 Å². The van der Waals surface area contributed by atoms with Crippen LogP contribution in [0.25, 0.3) is 16.9 Å². The maximum Gasteiger partial charge on any atom is 0.156 e. The van der Waals surface area contributed by atoms with Gasteiger partial charge in [-0.15, -0.1) is 5.10 Å². The van der Waals surface area contributed by atoms with Gasteiger partial charge in [-0.25, -0.2) is 9.07 Å². The molecule has 2 heterocycles. The fourth-order valence-corrected chi connectivity index (χ4v) is 3.00. The van der Waals surface area contributed by atoms with E-state index in [1.807, 2.05) is 18.2 Å². The number of rotatable bonds is 4. The molecule has 5 nitrogen and oxygen atoms in total. The number of benzene rings is 2. The van der Waals surface area contributed by atoms with Gasteiger partial charge in [-0.1, -0.05) is 46.6 Å². The number of hydrogen-bond donors (Lipinski definition) is 0. The van der Waals surface area contributed by atoms with Gasteiger partial charge in [-0.2, -0.15) is 0 Å². The van der Waals surface area contributed by atoms with Gasteiger partial charge in [0.1, 0.15) is 17.3 Å². The van der Waals surface area contributed by atoms with E-state index in [1.165, 1.54) is 18.2 Å². The third-order valence-corrected chi connectivity index (χ3v) is 4.43. The first-order chi connectivity index (χ1) is 13.1. The zero-order chi connectivity index (χ0) is 18.8. The lowest BCUT2D eigenvalue weighted by Gasteiger charge is -2.13. The van der Waals surface area contributed by atoms with Crippen molar-refractivity contribution in [3.8, 4) is 28.4 Å². The average molecular weight is 401 g/mol. The minimum absolute atomic E-state index is 0.155. The second kappa shape index (κ2) is 7.34. The molecular formula is C19H11Cl2FN4O. The van der Waals surface area contributed by atoms with Gasteiger partial charge < -0.3 is 4.74 Å². The number of nitrogens with zero attached hydrogens (tertiary/aromatic N) is 4. The topological polar surface area (TPSA) is 52.8 Å². The summed E-state index contributed by atoms with van der Waals surface area (Å²) in [5.41, 5.74) is 1.97. The van der Waals surface area contributed by atoms with Crippen molar-refractivity contribution in [2.45, 2.75) is 0 Å². The lowest BCUT2D eigenvalue weighted by Crippen LogP contribution is -2.03. The molecule has 0 aliphatic rings. The number of aromatic nitrogens is 4. The van der Waals surface area contributed by atoms with E-state index >= 15 is 0 Å². The Balaban J connectivity index is 1.79. The van der Waals surface area contributed by atoms with Crippen LogP contribution in [-0.4, -0.2) is 20.0 Å². The van der Waals surface area contributed by atoms with Crippen molar-refractivity contribution in [1.82, 2.24) is 20.0 Å². The summed E-state index contributed by atoms with van der Waals surface area (Å²) in [5, 5.41) is 8.85. The maximum atomic E-state index is 13.3. The first-order valence-electron chi connectivity index (χ1n) is 7.86. The fraction of sp³-hybridized carbons (Fsp3) is 0. The quantitative estimate of drug-likeness (QED) is 0.449. The third kappa shape index (κ3) is 3.49. The highest BCUT2D eigenvalue weighted by atomic mass is 35.5. The fourth-order valence-electron chi connectivity index (χ4n) is 2.56. The molecule has 0 bridgehead atoms. The smallest absolute Gasteiger partial charge is 0.156 e. The van der Waals surface area contributed by atoms with Gasteiger partial charge in [0.15, 0.2) is 5.75 Å². The van der Waals surface area contributed by atoms with Crippen molar-refractivity contribution in [2.24, 2.45) is 0 Å². The molecule has 8 heteroatoms. The van der Waals surface area contributed by atoms with Crippen LogP contribution < -0.4 is 4.74 Å². The van der Waals surface area contributed by atoms with Gasteiger partial charge in [-0.3, -0.25) is 4.98 Å². The van der Waals surface area contributed by atoms with Gasteiger partial charge in [0.05, 0.1) is 28.1 Å². The highest BCUT2D eigenvalue weighted by molar-refractivity contribution is 6.33. The van der Waals surface area contributed by atoms with Crippen molar-refractivity contribution >= 4 is 23.2 Å². The zero-order valence-electron chi connectivity index (χ0n) is 13.7. The molecule has 0 aliphatic heterocycles. The molecular weight excluding hydrogens is 390 g/mol. The van der Waals surface area contributed by atoms with Gasteiger partial charge in [0, 0.05) is 17.8 Å². The number of pyridine rings is 1. The van der Waals surface area contributed by atoms with Crippen LogP contribution in [0, 0.1) is 5.82 Å². The Kier molecular flexibility index (Phi) is 4.75. The standard InChI is InChI=1S/C19H11Cl2FN4O/c20-14-4-2-1-3-13(14)16-11-24-25-26(16)17-10-23-8-7-19(17)27-18-6-5-12(22)9-15(18)21/h1-11H. The van der Waals surface area contributed by atoms with Gasteiger partial charge >= 0.3 is 0 Å². The Morgan fingerprint density at radius 2 is 1.78 bits per heavy atom. The monoisotopic (exact) mass is 400 g/mol. The molecule has 0 radical (unpaired) electrons. The molecule has 2 aromatic carbocycles. The van der Waals surface area contributed by atoms with Crippen molar-refractivity contribution in [3.63, 3.8) is 0 Å². The second-order valence-electron chi connectivity index (χ2n) is 5.53. The summed E-state index contributed by atoms with van der Waals surface area (Å²) in [7, 11) is 0. The molecule has 4 rings (SSSR count). The summed E-state index contributed by atoms with van der Waals surface area (Å²) in [6.45, 7) is 0. The SMILES string of the molecule is Fc1ccc(Oc2ccncc2-n2nncc2-c2ccccc2Cl)c(Cl)c1. The Morgan fingerprint density at radius 3 is 2.59 bits per heavy atom. The number of halogens is 3. The lowest BCUT2D eigenvalue weighted by atomic mass is 10.1. The van der Waals surface area contributed by atoms with Crippen LogP contribution in [0.4, 0.5) is 4.39 Å². The molecule has 0 saturated heterocycles. The lowest BCUT2D eigenvalue weighted by molar-refractivity contribution is 0.475. The van der Waals surface area contributed by atoms with Gasteiger partial charge in [0.2, 0.25) is 0 Å². The van der Waals surface area contributed by atoms with Crippen LogP contribution in [0.2, 0.25) is 10.0 Å². The molecule has 0 fully saturated rings. The normalized spacial score (nSPS) is 10.8. The van der Waals surface area contributed by atoms with E-state index in [0.29, 0.717) is 27.9 Å². The van der Waals surface area contributed by atoms with E-state index in [0.717, 1.165) is 5.56 Å². The summed E-state index contributed by atoms with van der Waals surface area (Å²) >= 11 is 12.4. The number of ether oxygens (including phenoxy) is 1. The minimum Gasteiger partial charge on any atom is -0.453 e. The van der Waals surface area contributed by atoms with Gasteiger partial charge in [-0.05, 0) is 24.3 Å². The molecule has 134 valence electrons. The number of hydrogen-bond acceptors (Lipinski definition) is 4. The molecule has 0 spiro atoms. The first-order valence-corrected chi connectivity index (χ1v) is 8.62. The summed E-state index contributed by atoms with van der Waals surface area (Å²) in [6, 6.07) is 12.9. The van der Waals surface area contributed by atoms with Crippen LogP contribution in [0.5, 0.6) is 11.5 Å². The van der Waals surface area contributed by atoms with E-state index in [2.05, 4.69) is 15.3 Å².